The molecular formula is C15H22N2O4. The van der Waals surface area contributed by atoms with Crippen LogP contribution in [0.3, 0.4) is 0 Å². The highest BCUT2D eigenvalue weighted by Crippen LogP contribution is 2.17. The van der Waals surface area contributed by atoms with Gasteiger partial charge in [0.2, 0.25) is 5.91 Å². The van der Waals surface area contributed by atoms with Gasteiger partial charge in [-0.15, -0.1) is 0 Å². The maximum absolute atomic E-state index is 11.7. The average Bonchev–Trinajstić information content (AvgIpc) is 2.47. The lowest BCUT2D eigenvalue weighted by Crippen LogP contribution is -2.30. The molecule has 0 fully saturated rings. The summed E-state index contributed by atoms with van der Waals surface area (Å²) in [7, 11) is 0. The number of para-hydroxylation sites is 1. The first-order valence-electron chi connectivity index (χ1n) is 7.05. The minimum atomic E-state index is -0.507. The van der Waals surface area contributed by atoms with Crippen molar-refractivity contribution < 1.29 is 19.1 Å². The summed E-state index contributed by atoms with van der Waals surface area (Å²) in [4.78, 5) is 22.7. The van der Waals surface area contributed by atoms with Gasteiger partial charge in [-0.1, -0.05) is 18.2 Å². The zero-order valence-electron chi connectivity index (χ0n) is 12.5. The summed E-state index contributed by atoms with van der Waals surface area (Å²) in [6.07, 6.45) is -0.303. The SMILES string of the molecule is CCOC(=O)NCCC(=O)NCc1ccccc1OCC. The van der Waals surface area contributed by atoms with Gasteiger partial charge in [0.1, 0.15) is 5.75 Å². The molecule has 2 N–H and O–H groups in total. The van der Waals surface area contributed by atoms with Crippen molar-refractivity contribution in [2.75, 3.05) is 19.8 Å². The number of amides is 2. The third kappa shape index (κ3) is 6.65. The standard InChI is InChI=1S/C15H22N2O4/c1-3-20-13-8-6-5-7-12(13)11-17-14(18)9-10-16-15(19)21-4-2/h5-8H,3-4,9-11H2,1-2H3,(H,16,19)(H,17,18). The zero-order chi connectivity index (χ0) is 15.5. The fraction of sp³-hybridized carbons (Fsp3) is 0.467. The van der Waals surface area contributed by atoms with Gasteiger partial charge in [0.15, 0.2) is 0 Å². The Morgan fingerprint density at radius 3 is 2.57 bits per heavy atom. The van der Waals surface area contributed by atoms with Gasteiger partial charge in [-0.3, -0.25) is 4.79 Å². The van der Waals surface area contributed by atoms with E-state index >= 15 is 0 Å². The Balaban J connectivity index is 2.31. The van der Waals surface area contributed by atoms with Gasteiger partial charge < -0.3 is 20.1 Å². The second-order valence-electron chi connectivity index (χ2n) is 4.21. The third-order valence-corrected chi connectivity index (χ3v) is 2.65. The Kier molecular flexibility index (Phi) is 7.71. The number of alkyl carbamates (subject to hydrolysis) is 1. The molecule has 0 atom stereocenters. The molecule has 6 heteroatoms. The van der Waals surface area contributed by atoms with E-state index in [4.69, 9.17) is 9.47 Å². The van der Waals surface area contributed by atoms with E-state index in [2.05, 4.69) is 10.6 Å². The minimum absolute atomic E-state index is 0.141. The van der Waals surface area contributed by atoms with E-state index in [1.807, 2.05) is 31.2 Å². The minimum Gasteiger partial charge on any atom is -0.494 e. The topological polar surface area (TPSA) is 76.7 Å². The Labute approximate surface area is 124 Å². The van der Waals surface area contributed by atoms with Crippen LogP contribution in [0.5, 0.6) is 5.75 Å². The normalized spacial score (nSPS) is 9.81. The molecule has 0 saturated carbocycles. The van der Waals surface area contributed by atoms with E-state index in [0.29, 0.717) is 19.8 Å². The number of hydrogen-bond donors (Lipinski definition) is 2. The summed E-state index contributed by atoms with van der Waals surface area (Å²) < 4.78 is 10.2. The molecule has 0 aliphatic rings. The van der Waals surface area contributed by atoms with E-state index in [-0.39, 0.29) is 18.9 Å². The fourth-order valence-electron chi connectivity index (χ4n) is 1.69. The summed E-state index contributed by atoms with van der Waals surface area (Å²) in [6, 6.07) is 7.56. The van der Waals surface area contributed by atoms with Crippen LogP contribution in [-0.2, 0) is 16.1 Å². The Hall–Kier alpha value is -2.24. The van der Waals surface area contributed by atoms with Crippen LogP contribution < -0.4 is 15.4 Å². The Bertz CT molecular complexity index is 463. The number of carbonyl (C=O) groups is 2. The molecule has 0 heterocycles. The van der Waals surface area contributed by atoms with E-state index < -0.39 is 6.09 Å². The van der Waals surface area contributed by atoms with Crippen molar-refractivity contribution in [1.82, 2.24) is 10.6 Å². The lowest BCUT2D eigenvalue weighted by atomic mass is 10.2. The van der Waals surface area contributed by atoms with Gasteiger partial charge in [-0.05, 0) is 19.9 Å². The Morgan fingerprint density at radius 2 is 1.86 bits per heavy atom. The van der Waals surface area contributed by atoms with Crippen molar-refractivity contribution in [1.29, 1.82) is 0 Å². The van der Waals surface area contributed by atoms with E-state index in [0.717, 1.165) is 11.3 Å². The van der Waals surface area contributed by atoms with Crippen LogP contribution in [0, 0.1) is 0 Å². The molecular weight excluding hydrogens is 272 g/mol. The molecule has 1 rings (SSSR count). The van der Waals surface area contributed by atoms with Crippen molar-refractivity contribution in [3.63, 3.8) is 0 Å². The molecule has 0 radical (unpaired) electrons. The molecule has 0 bridgehead atoms. The second kappa shape index (κ2) is 9.63. The number of benzene rings is 1. The van der Waals surface area contributed by atoms with Crippen LogP contribution in [0.4, 0.5) is 4.79 Å². The van der Waals surface area contributed by atoms with Crippen LogP contribution in [0.2, 0.25) is 0 Å². The first-order chi connectivity index (χ1) is 10.2. The second-order valence-corrected chi connectivity index (χ2v) is 4.21. The van der Waals surface area contributed by atoms with Gasteiger partial charge in [0, 0.05) is 25.1 Å². The summed E-state index contributed by atoms with van der Waals surface area (Å²) in [5.74, 6) is 0.628. The van der Waals surface area contributed by atoms with Crippen molar-refractivity contribution in [2.24, 2.45) is 0 Å². The molecule has 1 aromatic carbocycles. The molecule has 0 aromatic heterocycles. The highest BCUT2D eigenvalue weighted by molar-refractivity contribution is 5.77. The summed E-state index contributed by atoms with van der Waals surface area (Å²) in [5, 5.41) is 5.29. The van der Waals surface area contributed by atoms with Crippen molar-refractivity contribution in [3.8, 4) is 5.75 Å². The van der Waals surface area contributed by atoms with Crippen LogP contribution in [0.1, 0.15) is 25.8 Å². The van der Waals surface area contributed by atoms with Crippen LogP contribution in [-0.4, -0.2) is 31.8 Å². The number of carbonyl (C=O) groups excluding carboxylic acids is 2. The molecule has 0 aliphatic heterocycles. The van der Waals surface area contributed by atoms with E-state index in [1.165, 1.54) is 0 Å². The lowest BCUT2D eigenvalue weighted by molar-refractivity contribution is -0.121. The van der Waals surface area contributed by atoms with E-state index in [1.54, 1.807) is 6.92 Å². The molecule has 116 valence electrons. The zero-order valence-corrected chi connectivity index (χ0v) is 12.5. The highest BCUT2D eigenvalue weighted by atomic mass is 16.5. The van der Waals surface area contributed by atoms with Crippen LogP contribution in [0.25, 0.3) is 0 Å². The monoisotopic (exact) mass is 294 g/mol. The van der Waals surface area contributed by atoms with Crippen molar-refractivity contribution >= 4 is 12.0 Å². The molecule has 0 unspecified atom stereocenters. The van der Waals surface area contributed by atoms with Gasteiger partial charge in [-0.2, -0.15) is 0 Å². The molecule has 0 saturated heterocycles. The quantitative estimate of drug-likeness (QED) is 0.767. The molecule has 1 aromatic rings. The van der Waals surface area contributed by atoms with Gasteiger partial charge in [0.05, 0.1) is 13.2 Å². The fourth-order valence-corrected chi connectivity index (χ4v) is 1.69. The molecule has 6 nitrogen and oxygen atoms in total. The van der Waals surface area contributed by atoms with Crippen LogP contribution in [0.15, 0.2) is 24.3 Å². The predicted molar refractivity (Wildman–Crippen MR) is 79.1 cm³/mol. The van der Waals surface area contributed by atoms with Crippen molar-refractivity contribution in [3.05, 3.63) is 29.8 Å². The number of ether oxygens (including phenoxy) is 2. The number of nitrogens with one attached hydrogen (secondary N) is 2. The number of rotatable bonds is 8. The first-order valence-corrected chi connectivity index (χ1v) is 7.05. The smallest absolute Gasteiger partial charge is 0.407 e. The maximum atomic E-state index is 11.7. The molecule has 21 heavy (non-hydrogen) atoms. The highest BCUT2D eigenvalue weighted by Gasteiger charge is 2.06. The molecule has 2 amide bonds. The first kappa shape index (κ1) is 16.8. The predicted octanol–water partition coefficient (Wildman–Crippen LogP) is 1.84. The molecule has 0 spiro atoms. The van der Waals surface area contributed by atoms with Crippen molar-refractivity contribution in [2.45, 2.75) is 26.8 Å². The number of hydrogen-bond acceptors (Lipinski definition) is 4. The summed E-state index contributed by atoms with van der Waals surface area (Å²) >= 11 is 0. The summed E-state index contributed by atoms with van der Waals surface area (Å²) in [5.41, 5.74) is 0.922. The molecule has 0 aliphatic carbocycles. The largest absolute Gasteiger partial charge is 0.494 e. The van der Waals surface area contributed by atoms with E-state index in [9.17, 15) is 9.59 Å². The van der Waals surface area contributed by atoms with Gasteiger partial charge in [0.25, 0.3) is 0 Å². The average molecular weight is 294 g/mol. The van der Waals surface area contributed by atoms with Gasteiger partial charge in [-0.25, -0.2) is 4.79 Å². The third-order valence-electron chi connectivity index (χ3n) is 2.65. The van der Waals surface area contributed by atoms with Gasteiger partial charge >= 0.3 is 6.09 Å². The summed E-state index contributed by atoms with van der Waals surface area (Å²) in [6.45, 7) is 5.17. The Morgan fingerprint density at radius 1 is 1.10 bits per heavy atom. The lowest BCUT2D eigenvalue weighted by Gasteiger charge is -2.11. The maximum Gasteiger partial charge on any atom is 0.407 e. The van der Waals surface area contributed by atoms with Crippen LogP contribution >= 0.6 is 0 Å².